The van der Waals surface area contributed by atoms with Gasteiger partial charge in [-0.1, -0.05) is 11.6 Å². The Kier molecular flexibility index (Phi) is 3.78. The second-order valence-corrected chi connectivity index (χ2v) is 5.30. The lowest BCUT2D eigenvalue weighted by molar-refractivity contribution is 0.100. The van der Waals surface area contributed by atoms with Crippen molar-refractivity contribution in [1.29, 1.82) is 0 Å². The summed E-state index contributed by atoms with van der Waals surface area (Å²) in [7, 11) is 0. The van der Waals surface area contributed by atoms with Crippen molar-refractivity contribution in [3.8, 4) is 0 Å². The van der Waals surface area contributed by atoms with E-state index in [2.05, 4.69) is 11.8 Å². The number of carbonyl (C=O) groups excluding carboxylic acids is 1. The van der Waals surface area contributed by atoms with Crippen molar-refractivity contribution in [3.63, 3.8) is 0 Å². The number of anilines is 1. The lowest BCUT2D eigenvalue weighted by atomic mass is 10.1. The van der Waals surface area contributed by atoms with Crippen molar-refractivity contribution in [2.24, 2.45) is 17.4 Å². The number of benzene rings is 1. The summed E-state index contributed by atoms with van der Waals surface area (Å²) < 4.78 is 0. The Balaban J connectivity index is 2.36. The van der Waals surface area contributed by atoms with Gasteiger partial charge in [0, 0.05) is 23.3 Å². The summed E-state index contributed by atoms with van der Waals surface area (Å²) >= 11 is 5.91. The monoisotopic (exact) mass is 267 g/mol. The van der Waals surface area contributed by atoms with Gasteiger partial charge in [0.1, 0.15) is 0 Å². The number of amides is 1. The van der Waals surface area contributed by atoms with Gasteiger partial charge >= 0.3 is 0 Å². The molecule has 1 fully saturated rings. The summed E-state index contributed by atoms with van der Waals surface area (Å²) in [4.78, 5) is 13.7. The van der Waals surface area contributed by atoms with Crippen LogP contribution in [-0.4, -0.2) is 25.0 Å². The molecule has 1 amide bonds. The van der Waals surface area contributed by atoms with E-state index in [1.54, 1.807) is 12.1 Å². The second kappa shape index (κ2) is 5.16. The van der Waals surface area contributed by atoms with E-state index < -0.39 is 5.91 Å². The first-order valence-corrected chi connectivity index (χ1v) is 6.46. The number of carbonyl (C=O) groups is 1. The van der Waals surface area contributed by atoms with Gasteiger partial charge < -0.3 is 16.4 Å². The van der Waals surface area contributed by atoms with E-state index in [1.807, 2.05) is 6.07 Å². The number of nitrogens with zero attached hydrogens (tertiary/aromatic N) is 1. The number of primary amides is 1. The number of hydrogen-bond donors (Lipinski definition) is 2. The summed E-state index contributed by atoms with van der Waals surface area (Å²) in [5.41, 5.74) is 12.5. The van der Waals surface area contributed by atoms with Crippen molar-refractivity contribution >= 4 is 23.2 Å². The molecule has 0 aliphatic carbocycles. The van der Waals surface area contributed by atoms with Crippen LogP contribution in [0.4, 0.5) is 5.69 Å². The molecule has 4 N–H and O–H groups in total. The van der Waals surface area contributed by atoms with Gasteiger partial charge in [0.2, 0.25) is 0 Å². The van der Waals surface area contributed by atoms with Crippen LogP contribution >= 0.6 is 11.6 Å². The first kappa shape index (κ1) is 13.2. The summed E-state index contributed by atoms with van der Waals surface area (Å²) in [5, 5.41) is 0.523. The molecule has 98 valence electrons. The van der Waals surface area contributed by atoms with Gasteiger partial charge in [-0.2, -0.15) is 0 Å². The zero-order chi connectivity index (χ0) is 13.3. The van der Waals surface area contributed by atoms with Crippen molar-refractivity contribution in [3.05, 3.63) is 28.8 Å². The van der Waals surface area contributed by atoms with Gasteiger partial charge in [0.25, 0.3) is 5.91 Å². The second-order valence-electron chi connectivity index (χ2n) is 4.86. The Morgan fingerprint density at radius 2 is 2.28 bits per heavy atom. The van der Waals surface area contributed by atoms with Gasteiger partial charge in [0.05, 0.1) is 5.56 Å². The maximum atomic E-state index is 11.5. The normalized spacial score (nSPS) is 23.4. The minimum atomic E-state index is -0.448. The average molecular weight is 268 g/mol. The topological polar surface area (TPSA) is 72.3 Å². The van der Waals surface area contributed by atoms with E-state index in [9.17, 15) is 4.79 Å². The highest BCUT2D eigenvalue weighted by atomic mass is 35.5. The Morgan fingerprint density at radius 1 is 1.56 bits per heavy atom. The van der Waals surface area contributed by atoms with Crippen LogP contribution in [0.25, 0.3) is 0 Å². The molecule has 0 radical (unpaired) electrons. The fourth-order valence-corrected chi connectivity index (χ4v) is 2.78. The maximum absolute atomic E-state index is 11.5. The molecule has 0 aromatic heterocycles. The zero-order valence-corrected chi connectivity index (χ0v) is 11.2. The molecule has 1 aromatic carbocycles. The fraction of sp³-hybridized carbons (Fsp3) is 0.462. The minimum absolute atomic E-state index is 0.359. The highest BCUT2D eigenvalue weighted by Crippen LogP contribution is 2.32. The molecular formula is C13H18ClN3O. The predicted octanol–water partition coefficient (Wildman–Crippen LogP) is 1.61. The lowest BCUT2D eigenvalue weighted by Crippen LogP contribution is -2.30. The van der Waals surface area contributed by atoms with Gasteiger partial charge in [-0.15, -0.1) is 0 Å². The van der Waals surface area contributed by atoms with Gasteiger partial charge in [-0.05, 0) is 44.0 Å². The van der Waals surface area contributed by atoms with Crippen LogP contribution < -0.4 is 16.4 Å². The third kappa shape index (κ3) is 2.44. The summed E-state index contributed by atoms with van der Waals surface area (Å²) in [6.07, 6.45) is 1.04. The largest absolute Gasteiger partial charge is 0.368 e. The van der Waals surface area contributed by atoms with Crippen LogP contribution in [0.15, 0.2) is 18.2 Å². The number of halogens is 1. The number of nitrogens with two attached hydrogens (primary N) is 2. The van der Waals surface area contributed by atoms with Gasteiger partial charge in [-0.25, -0.2) is 0 Å². The first-order valence-electron chi connectivity index (χ1n) is 6.09. The van der Waals surface area contributed by atoms with Crippen LogP contribution in [-0.2, 0) is 0 Å². The van der Waals surface area contributed by atoms with Crippen LogP contribution in [0.2, 0.25) is 5.02 Å². The molecule has 1 heterocycles. The molecule has 1 aliphatic rings. The van der Waals surface area contributed by atoms with Gasteiger partial charge in [-0.3, -0.25) is 4.79 Å². The van der Waals surface area contributed by atoms with Crippen LogP contribution in [0.3, 0.4) is 0 Å². The van der Waals surface area contributed by atoms with E-state index in [0.717, 1.165) is 18.7 Å². The Morgan fingerprint density at radius 3 is 2.83 bits per heavy atom. The fourth-order valence-electron chi connectivity index (χ4n) is 2.60. The summed E-state index contributed by atoms with van der Waals surface area (Å²) in [6.45, 7) is 3.66. The van der Waals surface area contributed by atoms with Crippen molar-refractivity contribution in [2.75, 3.05) is 18.0 Å². The van der Waals surface area contributed by atoms with E-state index in [-0.39, 0.29) is 0 Å². The molecule has 0 bridgehead atoms. The molecule has 1 saturated heterocycles. The average Bonchev–Trinajstić information content (AvgIpc) is 2.70. The molecule has 0 spiro atoms. The molecule has 2 atom stereocenters. The molecule has 2 unspecified atom stereocenters. The van der Waals surface area contributed by atoms with Crippen molar-refractivity contribution < 1.29 is 4.79 Å². The maximum Gasteiger partial charge on any atom is 0.250 e. The molecule has 4 nitrogen and oxygen atoms in total. The molecule has 1 aliphatic heterocycles. The van der Waals surface area contributed by atoms with Crippen LogP contribution in [0, 0.1) is 5.92 Å². The smallest absolute Gasteiger partial charge is 0.250 e. The minimum Gasteiger partial charge on any atom is -0.368 e. The van der Waals surface area contributed by atoms with Crippen molar-refractivity contribution in [1.82, 2.24) is 0 Å². The number of hydrogen-bond acceptors (Lipinski definition) is 3. The van der Waals surface area contributed by atoms with E-state index >= 15 is 0 Å². The van der Waals surface area contributed by atoms with Gasteiger partial charge in [0.15, 0.2) is 0 Å². The highest BCUT2D eigenvalue weighted by molar-refractivity contribution is 6.31. The summed E-state index contributed by atoms with van der Waals surface area (Å²) in [5.74, 6) is 0.0207. The molecule has 0 saturated carbocycles. The molecule has 18 heavy (non-hydrogen) atoms. The molecule has 2 rings (SSSR count). The number of rotatable bonds is 3. The van der Waals surface area contributed by atoms with E-state index in [0.29, 0.717) is 29.1 Å². The third-order valence-electron chi connectivity index (χ3n) is 3.53. The first-order chi connectivity index (χ1) is 8.52. The van der Waals surface area contributed by atoms with E-state index in [1.165, 1.54) is 0 Å². The Labute approximate surface area is 112 Å². The SMILES string of the molecule is CC1CC(CN)CN1c1ccc(Cl)cc1C(N)=O. The molecule has 1 aromatic rings. The van der Waals surface area contributed by atoms with E-state index in [4.69, 9.17) is 23.1 Å². The molecular weight excluding hydrogens is 250 g/mol. The zero-order valence-electron chi connectivity index (χ0n) is 10.4. The standard InChI is InChI=1S/C13H18ClN3O/c1-8-4-9(6-15)7-17(8)12-3-2-10(14)5-11(12)13(16)18/h2-3,5,8-9H,4,6-7,15H2,1H3,(H2,16,18). The molecule has 5 heteroatoms. The third-order valence-corrected chi connectivity index (χ3v) is 3.76. The van der Waals surface area contributed by atoms with Crippen molar-refractivity contribution in [2.45, 2.75) is 19.4 Å². The highest BCUT2D eigenvalue weighted by Gasteiger charge is 2.30. The summed E-state index contributed by atoms with van der Waals surface area (Å²) in [6, 6.07) is 5.63. The Bertz CT molecular complexity index is 464. The Hall–Kier alpha value is -1.26. The quantitative estimate of drug-likeness (QED) is 0.874. The van der Waals surface area contributed by atoms with Crippen LogP contribution in [0.1, 0.15) is 23.7 Å². The lowest BCUT2D eigenvalue weighted by Gasteiger charge is -2.25. The van der Waals surface area contributed by atoms with Crippen LogP contribution in [0.5, 0.6) is 0 Å². The predicted molar refractivity (Wildman–Crippen MR) is 73.9 cm³/mol.